The molecule has 0 fully saturated rings. The van der Waals surface area contributed by atoms with Crippen LogP contribution in [0.3, 0.4) is 0 Å². The second-order valence-corrected chi connectivity index (χ2v) is 18.0. The average molecular weight is 573 g/mol. The molecule has 0 nitrogen and oxygen atoms in total. The summed E-state index contributed by atoms with van der Waals surface area (Å²) in [7, 11) is -0.982. The number of hydrogen-bond donors (Lipinski definition) is 0. The molecule has 208 valence electrons. The Morgan fingerprint density at radius 3 is 1.10 bits per heavy atom. The molecular weight excluding hydrogens is 530 g/mol. The van der Waals surface area contributed by atoms with E-state index in [1.165, 1.54) is 37.6 Å². The molecule has 0 aliphatic rings. The largest absolute Gasteiger partial charge is 0.0622 e. The van der Waals surface area contributed by atoms with E-state index in [4.69, 9.17) is 0 Å². The molecule has 41 heavy (non-hydrogen) atoms. The van der Waals surface area contributed by atoms with Gasteiger partial charge in [0.1, 0.15) is 0 Å². The van der Waals surface area contributed by atoms with Crippen LogP contribution in [0.5, 0.6) is 0 Å². The van der Waals surface area contributed by atoms with Crippen LogP contribution in [0.4, 0.5) is 0 Å². The van der Waals surface area contributed by atoms with Gasteiger partial charge in [0.25, 0.3) is 0 Å². The van der Waals surface area contributed by atoms with Crippen LogP contribution >= 0.6 is 15.8 Å². The van der Waals surface area contributed by atoms with E-state index in [1.54, 1.807) is 0 Å². The molecule has 0 heterocycles. The minimum absolute atomic E-state index is 0.167. The lowest BCUT2D eigenvalue weighted by Crippen LogP contribution is -2.26. The summed E-state index contributed by atoms with van der Waals surface area (Å²) in [6, 6.07) is 51.9. The van der Waals surface area contributed by atoms with Crippen molar-refractivity contribution < 1.29 is 0 Å². The quantitative estimate of drug-likeness (QED) is 0.155. The molecule has 2 heteroatoms. The second kappa shape index (κ2) is 12.9. The molecular formula is C39H42P2. The van der Waals surface area contributed by atoms with Crippen LogP contribution in [-0.2, 0) is 12.8 Å². The van der Waals surface area contributed by atoms with Crippen LogP contribution in [-0.4, -0.2) is 5.16 Å². The van der Waals surface area contributed by atoms with Gasteiger partial charge in [-0.25, -0.2) is 0 Å². The summed E-state index contributed by atoms with van der Waals surface area (Å²) in [5, 5.41) is 7.33. The highest BCUT2D eigenvalue weighted by molar-refractivity contribution is 7.79. The fourth-order valence-electron chi connectivity index (χ4n) is 5.80. The van der Waals surface area contributed by atoms with Gasteiger partial charge in [-0.1, -0.05) is 174 Å². The Morgan fingerprint density at radius 2 is 0.707 bits per heavy atom. The van der Waals surface area contributed by atoms with Gasteiger partial charge < -0.3 is 0 Å². The van der Waals surface area contributed by atoms with Crippen molar-refractivity contribution in [2.75, 3.05) is 0 Å². The van der Waals surface area contributed by atoms with Crippen molar-refractivity contribution in [2.24, 2.45) is 5.41 Å². The highest BCUT2D eigenvalue weighted by atomic mass is 31.1. The summed E-state index contributed by atoms with van der Waals surface area (Å²) < 4.78 is 0. The van der Waals surface area contributed by atoms with Crippen LogP contribution in [0.25, 0.3) is 0 Å². The molecule has 0 radical (unpaired) electrons. The van der Waals surface area contributed by atoms with E-state index in [-0.39, 0.29) is 10.6 Å². The number of benzene rings is 5. The zero-order chi connectivity index (χ0) is 28.9. The van der Waals surface area contributed by atoms with Crippen molar-refractivity contribution in [3.05, 3.63) is 151 Å². The van der Waals surface area contributed by atoms with Crippen LogP contribution < -0.4 is 26.5 Å². The Balaban J connectivity index is 1.30. The lowest BCUT2D eigenvalue weighted by atomic mass is 9.80. The smallest absolute Gasteiger partial charge is 0.00991 e. The van der Waals surface area contributed by atoms with Crippen LogP contribution in [0.1, 0.15) is 45.7 Å². The normalized spacial score (nSPS) is 12.8. The Labute approximate surface area is 250 Å². The van der Waals surface area contributed by atoms with Crippen molar-refractivity contribution >= 4 is 42.4 Å². The third-order valence-electron chi connectivity index (χ3n) is 7.47. The summed E-state index contributed by atoms with van der Waals surface area (Å²) >= 11 is 0. The van der Waals surface area contributed by atoms with Crippen LogP contribution in [0.2, 0.25) is 0 Å². The monoisotopic (exact) mass is 572 g/mol. The molecule has 0 aliphatic carbocycles. The molecule has 0 aliphatic heterocycles. The number of hydrogen-bond acceptors (Lipinski definition) is 0. The predicted molar refractivity (Wildman–Crippen MR) is 185 cm³/mol. The maximum Gasteiger partial charge on any atom is -0.00991 e. The molecule has 1 unspecified atom stereocenters. The van der Waals surface area contributed by atoms with Gasteiger partial charge >= 0.3 is 0 Å². The summed E-state index contributed by atoms with van der Waals surface area (Å²) in [6.45, 7) is 11.9. The maximum absolute atomic E-state index is 2.40. The van der Waals surface area contributed by atoms with E-state index < -0.39 is 15.8 Å². The Morgan fingerprint density at radius 1 is 0.390 bits per heavy atom. The first-order valence-electron chi connectivity index (χ1n) is 14.6. The molecule has 0 bridgehead atoms. The standard InChI is InChI=1S/C39H42P2/c1-38(2,3)41(36-19-13-8-14-20-36)37-27-23-32(24-28-37)30-39(4,5)29-31-21-25-35(26-22-31)40(33-15-9-6-10-16-33)34-17-11-7-12-18-34/h6-28H,29-30H2,1-5H3. The maximum atomic E-state index is 2.40. The minimum Gasteiger partial charge on any atom is -0.0622 e. The van der Waals surface area contributed by atoms with Gasteiger partial charge in [-0.15, -0.1) is 0 Å². The Kier molecular flexibility index (Phi) is 9.24. The Hall–Kier alpha value is -3.04. The van der Waals surface area contributed by atoms with Gasteiger partial charge in [-0.2, -0.15) is 0 Å². The molecule has 0 saturated heterocycles. The minimum atomic E-state index is -0.564. The van der Waals surface area contributed by atoms with Crippen molar-refractivity contribution in [2.45, 2.75) is 52.6 Å². The molecule has 0 spiro atoms. The highest BCUT2D eigenvalue weighted by Crippen LogP contribution is 2.47. The van der Waals surface area contributed by atoms with E-state index in [9.17, 15) is 0 Å². The van der Waals surface area contributed by atoms with E-state index in [2.05, 4.69) is 174 Å². The molecule has 5 aromatic carbocycles. The highest BCUT2D eigenvalue weighted by Gasteiger charge is 2.28. The zero-order valence-electron chi connectivity index (χ0n) is 25.1. The lowest BCUT2D eigenvalue weighted by Gasteiger charge is -2.32. The van der Waals surface area contributed by atoms with Crippen LogP contribution in [0, 0.1) is 5.41 Å². The molecule has 1 atom stereocenters. The van der Waals surface area contributed by atoms with E-state index in [0.29, 0.717) is 0 Å². The van der Waals surface area contributed by atoms with Gasteiger partial charge in [0.2, 0.25) is 0 Å². The first kappa shape index (κ1) is 29.5. The van der Waals surface area contributed by atoms with Crippen LogP contribution in [0.15, 0.2) is 140 Å². The first-order chi connectivity index (χ1) is 19.7. The molecule has 0 amide bonds. The first-order valence-corrected chi connectivity index (χ1v) is 17.3. The molecule has 0 N–H and O–H groups in total. The van der Waals surface area contributed by atoms with Crippen molar-refractivity contribution in [1.29, 1.82) is 0 Å². The van der Waals surface area contributed by atoms with Gasteiger partial charge in [-0.3, -0.25) is 0 Å². The summed E-state index contributed by atoms with van der Waals surface area (Å²) in [5.74, 6) is 0. The number of rotatable bonds is 9. The van der Waals surface area contributed by atoms with E-state index in [0.717, 1.165) is 12.8 Å². The topological polar surface area (TPSA) is 0 Å². The lowest BCUT2D eigenvalue weighted by molar-refractivity contribution is 0.361. The summed E-state index contributed by atoms with van der Waals surface area (Å²) in [4.78, 5) is 0. The van der Waals surface area contributed by atoms with Crippen molar-refractivity contribution in [3.63, 3.8) is 0 Å². The molecule has 0 aromatic heterocycles. The molecule has 5 rings (SSSR count). The second-order valence-electron chi connectivity index (χ2n) is 12.7. The molecule has 0 saturated carbocycles. The zero-order valence-corrected chi connectivity index (χ0v) is 26.9. The SMILES string of the molecule is CC(C)(Cc1ccc(P(c2ccccc2)c2ccccc2)cc1)Cc1ccc(P(c2ccccc2)C(C)(C)C)cc1. The fraction of sp³-hybridized carbons (Fsp3) is 0.231. The van der Waals surface area contributed by atoms with Gasteiger partial charge in [0.05, 0.1) is 0 Å². The molecule has 5 aromatic rings. The summed E-state index contributed by atoms with van der Waals surface area (Å²) in [5.41, 5.74) is 3.00. The van der Waals surface area contributed by atoms with Crippen molar-refractivity contribution in [3.8, 4) is 0 Å². The third kappa shape index (κ3) is 7.63. The predicted octanol–water partition coefficient (Wildman–Crippen LogP) is 8.49. The van der Waals surface area contributed by atoms with E-state index in [1.807, 2.05) is 0 Å². The van der Waals surface area contributed by atoms with E-state index >= 15 is 0 Å². The third-order valence-corrected chi connectivity index (χ3v) is 12.9. The Bertz CT molecular complexity index is 1460. The average Bonchev–Trinajstić information content (AvgIpc) is 2.96. The fourth-order valence-corrected chi connectivity index (χ4v) is 10.8. The summed E-state index contributed by atoms with van der Waals surface area (Å²) in [6.07, 6.45) is 2.12. The van der Waals surface area contributed by atoms with Gasteiger partial charge in [0, 0.05) is 0 Å². The van der Waals surface area contributed by atoms with Crippen molar-refractivity contribution in [1.82, 2.24) is 0 Å². The van der Waals surface area contributed by atoms with Gasteiger partial charge in [-0.05, 0) is 76.9 Å². The van der Waals surface area contributed by atoms with Gasteiger partial charge in [0.15, 0.2) is 0 Å².